The third-order valence-electron chi connectivity index (χ3n) is 2.13. The fourth-order valence-electron chi connectivity index (χ4n) is 1.33. The number of rotatable bonds is 6. The zero-order valence-corrected chi connectivity index (χ0v) is 9.74. The molecule has 0 saturated carbocycles. The van der Waals surface area contributed by atoms with Crippen LogP contribution >= 0.6 is 11.3 Å². The molecule has 0 bridgehead atoms. The van der Waals surface area contributed by atoms with E-state index in [1.54, 1.807) is 6.07 Å². The van der Waals surface area contributed by atoms with Crippen molar-refractivity contribution in [2.45, 2.75) is 13.0 Å². The fraction of sp³-hybridized carbons (Fsp3) is 0.333. The molecule has 2 N–H and O–H groups in total. The number of nitrogens with one attached hydrogen (secondary N) is 2. The third kappa shape index (κ3) is 3.33. The Balaban J connectivity index is 1.72. The van der Waals surface area contributed by atoms with Crippen molar-refractivity contribution in [3.8, 4) is 0 Å². The molecule has 0 radical (unpaired) electrons. The van der Waals surface area contributed by atoms with Gasteiger partial charge in [0.05, 0.1) is 4.92 Å². The molecule has 2 rings (SSSR count). The smallest absolute Gasteiger partial charge is 0.311 e. The Bertz CT molecular complexity index is 481. The van der Waals surface area contributed by atoms with Gasteiger partial charge in [0.1, 0.15) is 12.2 Å². The van der Waals surface area contributed by atoms with E-state index in [1.165, 1.54) is 23.7 Å². The molecule has 0 aliphatic rings. The zero-order chi connectivity index (χ0) is 12.1. The van der Waals surface area contributed by atoms with Crippen LogP contribution in [-0.4, -0.2) is 26.6 Å². The molecule has 2 aromatic heterocycles. The van der Waals surface area contributed by atoms with E-state index >= 15 is 0 Å². The second kappa shape index (κ2) is 5.51. The molecule has 8 heteroatoms. The molecule has 90 valence electrons. The van der Waals surface area contributed by atoms with Gasteiger partial charge in [-0.05, 0) is 6.07 Å². The summed E-state index contributed by atoms with van der Waals surface area (Å²) >= 11 is 1.19. The van der Waals surface area contributed by atoms with Crippen molar-refractivity contribution in [1.29, 1.82) is 0 Å². The first-order chi connectivity index (χ1) is 8.25. The maximum absolute atomic E-state index is 10.5. The molecule has 0 unspecified atom stereocenters. The Morgan fingerprint density at radius 3 is 3.06 bits per heavy atom. The average Bonchev–Trinajstić information content (AvgIpc) is 2.96. The molecule has 0 spiro atoms. The highest BCUT2D eigenvalue weighted by Crippen LogP contribution is 2.23. The molecular weight excluding hydrogens is 242 g/mol. The van der Waals surface area contributed by atoms with E-state index in [9.17, 15) is 10.1 Å². The molecule has 2 heterocycles. The SMILES string of the molecule is O=[N+]([O-])c1ccc(CNCCc2ncn[nH]2)s1. The van der Waals surface area contributed by atoms with Gasteiger partial charge in [-0.2, -0.15) is 5.10 Å². The van der Waals surface area contributed by atoms with Gasteiger partial charge in [-0.25, -0.2) is 4.98 Å². The number of hydrogen-bond acceptors (Lipinski definition) is 6. The van der Waals surface area contributed by atoms with Crippen LogP contribution in [-0.2, 0) is 13.0 Å². The first kappa shape index (κ1) is 11.7. The Labute approximate surface area is 101 Å². The predicted octanol–water partition coefficient (Wildman–Crippen LogP) is 1.11. The predicted molar refractivity (Wildman–Crippen MR) is 62.8 cm³/mol. The number of H-pyrrole nitrogens is 1. The lowest BCUT2D eigenvalue weighted by Crippen LogP contribution is -2.16. The number of aromatic nitrogens is 3. The van der Waals surface area contributed by atoms with Gasteiger partial charge in [0.2, 0.25) is 0 Å². The summed E-state index contributed by atoms with van der Waals surface area (Å²) in [6.45, 7) is 1.38. The average molecular weight is 253 g/mol. The zero-order valence-electron chi connectivity index (χ0n) is 8.92. The van der Waals surface area contributed by atoms with Gasteiger partial charge in [-0.15, -0.1) is 0 Å². The van der Waals surface area contributed by atoms with E-state index in [1.807, 2.05) is 0 Å². The van der Waals surface area contributed by atoms with E-state index in [2.05, 4.69) is 20.5 Å². The van der Waals surface area contributed by atoms with Crippen LogP contribution in [0.3, 0.4) is 0 Å². The molecule has 0 aliphatic heterocycles. The minimum absolute atomic E-state index is 0.178. The fourth-order valence-corrected chi connectivity index (χ4v) is 2.12. The Kier molecular flexibility index (Phi) is 3.78. The maximum atomic E-state index is 10.5. The van der Waals surface area contributed by atoms with Crippen molar-refractivity contribution < 1.29 is 4.92 Å². The standard InChI is InChI=1S/C9H11N5O2S/c15-14(16)9-2-1-7(17-9)5-10-4-3-8-11-6-12-13-8/h1-2,6,10H,3-5H2,(H,11,12,13). The number of hydrogen-bond donors (Lipinski definition) is 2. The van der Waals surface area contributed by atoms with Gasteiger partial charge in [-0.1, -0.05) is 11.3 Å². The van der Waals surface area contributed by atoms with Crippen molar-refractivity contribution >= 4 is 16.3 Å². The molecule has 0 amide bonds. The van der Waals surface area contributed by atoms with Gasteiger partial charge in [-0.3, -0.25) is 15.2 Å². The molecule has 0 atom stereocenters. The van der Waals surface area contributed by atoms with Gasteiger partial charge >= 0.3 is 5.00 Å². The van der Waals surface area contributed by atoms with Gasteiger partial charge in [0, 0.05) is 30.5 Å². The monoisotopic (exact) mass is 253 g/mol. The molecular formula is C9H11N5O2S. The van der Waals surface area contributed by atoms with Crippen molar-refractivity contribution in [2.24, 2.45) is 0 Å². The van der Waals surface area contributed by atoms with E-state index in [4.69, 9.17) is 0 Å². The van der Waals surface area contributed by atoms with Crippen molar-refractivity contribution in [2.75, 3.05) is 6.54 Å². The number of nitro groups is 1. The Hall–Kier alpha value is -1.80. The highest BCUT2D eigenvalue weighted by molar-refractivity contribution is 7.15. The van der Waals surface area contributed by atoms with Crippen LogP contribution < -0.4 is 5.32 Å². The topological polar surface area (TPSA) is 96.7 Å². The highest BCUT2D eigenvalue weighted by atomic mass is 32.1. The Morgan fingerprint density at radius 1 is 1.53 bits per heavy atom. The van der Waals surface area contributed by atoms with Crippen LogP contribution in [0.1, 0.15) is 10.7 Å². The summed E-state index contributed by atoms with van der Waals surface area (Å²) in [6.07, 6.45) is 2.23. The highest BCUT2D eigenvalue weighted by Gasteiger charge is 2.08. The van der Waals surface area contributed by atoms with Crippen LogP contribution in [0.5, 0.6) is 0 Å². The number of nitrogens with zero attached hydrogens (tertiary/aromatic N) is 3. The van der Waals surface area contributed by atoms with Crippen molar-refractivity contribution in [3.05, 3.63) is 39.3 Å². The summed E-state index contributed by atoms with van der Waals surface area (Å²) in [7, 11) is 0. The number of aromatic amines is 1. The number of thiophene rings is 1. The second-order valence-electron chi connectivity index (χ2n) is 3.36. The summed E-state index contributed by atoms with van der Waals surface area (Å²) in [5.41, 5.74) is 0. The van der Waals surface area contributed by atoms with Crippen LogP contribution in [0, 0.1) is 10.1 Å². The van der Waals surface area contributed by atoms with Crippen molar-refractivity contribution in [3.63, 3.8) is 0 Å². The van der Waals surface area contributed by atoms with Crippen LogP contribution in [0.2, 0.25) is 0 Å². The van der Waals surface area contributed by atoms with Gasteiger partial charge < -0.3 is 5.32 Å². The van der Waals surface area contributed by atoms with E-state index in [0.29, 0.717) is 6.54 Å². The molecule has 0 saturated heterocycles. The van der Waals surface area contributed by atoms with E-state index in [0.717, 1.165) is 23.7 Å². The van der Waals surface area contributed by atoms with Crippen molar-refractivity contribution in [1.82, 2.24) is 20.5 Å². The van der Waals surface area contributed by atoms with Crippen LogP contribution in [0.15, 0.2) is 18.5 Å². The maximum Gasteiger partial charge on any atom is 0.324 e. The minimum atomic E-state index is -0.372. The summed E-state index contributed by atoms with van der Waals surface area (Å²) < 4.78 is 0. The first-order valence-electron chi connectivity index (χ1n) is 5.04. The molecule has 0 fully saturated rings. The summed E-state index contributed by atoms with van der Waals surface area (Å²) in [5, 5.41) is 20.4. The summed E-state index contributed by atoms with van der Waals surface area (Å²) in [4.78, 5) is 15.1. The van der Waals surface area contributed by atoms with Crippen LogP contribution in [0.25, 0.3) is 0 Å². The third-order valence-corrected chi connectivity index (χ3v) is 3.17. The molecule has 0 aromatic carbocycles. The second-order valence-corrected chi connectivity index (χ2v) is 4.50. The lowest BCUT2D eigenvalue weighted by molar-refractivity contribution is -0.380. The first-order valence-corrected chi connectivity index (χ1v) is 5.85. The molecule has 7 nitrogen and oxygen atoms in total. The minimum Gasteiger partial charge on any atom is -0.311 e. The van der Waals surface area contributed by atoms with Gasteiger partial charge in [0.25, 0.3) is 0 Å². The molecule has 2 aromatic rings. The lowest BCUT2D eigenvalue weighted by atomic mass is 10.4. The molecule has 17 heavy (non-hydrogen) atoms. The largest absolute Gasteiger partial charge is 0.324 e. The summed E-state index contributed by atoms with van der Waals surface area (Å²) in [6, 6.07) is 3.29. The van der Waals surface area contributed by atoms with Crippen LogP contribution in [0.4, 0.5) is 5.00 Å². The summed E-state index contributed by atoms with van der Waals surface area (Å²) in [5.74, 6) is 0.828. The van der Waals surface area contributed by atoms with E-state index in [-0.39, 0.29) is 9.92 Å². The molecule has 0 aliphatic carbocycles. The lowest BCUT2D eigenvalue weighted by Gasteiger charge is -1.99. The van der Waals surface area contributed by atoms with E-state index < -0.39 is 0 Å². The Morgan fingerprint density at radius 2 is 2.41 bits per heavy atom. The van der Waals surface area contributed by atoms with Gasteiger partial charge in [0.15, 0.2) is 0 Å². The quantitative estimate of drug-likeness (QED) is 0.456. The normalized spacial score (nSPS) is 10.6.